The van der Waals surface area contributed by atoms with E-state index in [1.807, 2.05) is 10.9 Å². The molecule has 0 saturated carbocycles. The van der Waals surface area contributed by atoms with E-state index in [2.05, 4.69) is 50.2 Å². The van der Waals surface area contributed by atoms with Crippen molar-refractivity contribution in [3.8, 4) is 0 Å². The Labute approximate surface area is 110 Å². The Balaban J connectivity index is 2.26. The normalized spacial score (nSPS) is 12.3. The summed E-state index contributed by atoms with van der Waals surface area (Å²) in [5.41, 5.74) is 0.883. The summed E-state index contributed by atoms with van der Waals surface area (Å²) in [7, 11) is 0. The maximum absolute atomic E-state index is 5.65. The molecule has 0 radical (unpaired) electrons. The summed E-state index contributed by atoms with van der Waals surface area (Å²) in [6, 6.07) is 0. The van der Waals surface area contributed by atoms with Gasteiger partial charge < -0.3 is 10.1 Å². The molecule has 0 bridgehead atoms. The number of aromatic nitrogens is 3. The summed E-state index contributed by atoms with van der Waals surface area (Å²) < 4.78 is 7.48. The van der Waals surface area contributed by atoms with Crippen LogP contribution in [0.15, 0.2) is 6.20 Å². The Bertz CT molecular complexity index is 341. The second-order valence-electron chi connectivity index (χ2n) is 5.96. The summed E-state index contributed by atoms with van der Waals surface area (Å²) in [6.45, 7) is 13.7. The minimum absolute atomic E-state index is 0.0950. The van der Waals surface area contributed by atoms with Gasteiger partial charge in [0.25, 0.3) is 0 Å². The first kappa shape index (κ1) is 15.1. The van der Waals surface area contributed by atoms with Crippen LogP contribution in [0.5, 0.6) is 0 Å². The standard InChI is InChI=1S/C13H26N4O/c1-11(2)8-14-9-12-10-17(16-15-12)6-7-18-13(3,4)5/h10-11,14H,6-9H2,1-5H3. The second-order valence-corrected chi connectivity index (χ2v) is 5.96. The van der Waals surface area contributed by atoms with Gasteiger partial charge in [0, 0.05) is 12.7 Å². The second kappa shape index (κ2) is 6.85. The molecule has 0 spiro atoms. The molecule has 1 rings (SSSR count). The molecule has 0 amide bonds. The average Bonchev–Trinajstić information content (AvgIpc) is 2.63. The van der Waals surface area contributed by atoms with Crippen molar-refractivity contribution in [3.63, 3.8) is 0 Å². The van der Waals surface area contributed by atoms with Gasteiger partial charge in [-0.15, -0.1) is 5.10 Å². The van der Waals surface area contributed by atoms with Crippen molar-refractivity contribution in [3.05, 3.63) is 11.9 Å². The number of nitrogens with zero attached hydrogens (tertiary/aromatic N) is 3. The minimum Gasteiger partial charge on any atom is -0.374 e. The highest BCUT2D eigenvalue weighted by Gasteiger charge is 2.09. The Kier molecular flexibility index (Phi) is 5.75. The van der Waals surface area contributed by atoms with Crippen molar-refractivity contribution >= 4 is 0 Å². The zero-order valence-electron chi connectivity index (χ0n) is 12.2. The Morgan fingerprint density at radius 2 is 2.11 bits per heavy atom. The van der Waals surface area contributed by atoms with Crippen LogP contribution in [0.4, 0.5) is 0 Å². The molecule has 0 unspecified atom stereocenters. The zero-order chi connectivity index (χ0) is 13.6. The van der Waals surface area contributed by atoms with Crippen molar-refractivity contribution in [2.24, 2.45) is 5.92 Å². The lowest BCUT2D eigenvalue weighted by Gasteiger charge is -2.19. The van der Waals surface area contributed by atoms with E-state index in [0.717, 1.165) is 25.3 Å². The largest absolute Gasteiger partial charge is 0.374 e. The molecule has 18 heavy (non-hydrogen) atoms. The lowest BCUT2D eigenvalue weighted by Crippen LogP contribution is -2.22. The quantitative estimate of drug-likeness (QED) is 0.806. The van der Waals surface area contributed by atoms with Crippen molar-refractivity contribution in [1.82, 2.24) is 20.3 Å². The molecule has 1 N–H and O–H groups in total. The number of hydrogen-bond acceptors (Lipinski definition) is 4. The molecule has 0 fully saturated rings. The molecule has 1 heterocycles. The molecule has 0 aliphatic carbocycles. The third-order valence-corrected chi connectivity index (χ3v) is 2.30. The van der Waals surface area contributed by atoms with E-state index in [1.54, 1.807) is 0 Å². The van der Waals surface area contributed by atoms with Gasteiger partial charge in [0.05, 0.1) is 24.4 Å². The monoisotopic (exact) mass is 254 g/mol. The first-order valence-electron chi connectivity index (χ1n) is 6.60. The van der Waals surface area contributed by atoms with Gasteiger partial charge in [-0.1, -0.05) is 19.1 Å². The molecule has 1 aromatic heterocycles. The summed E-state index contributed by atoms with van der Waals surface area (Å²) in [6.07, 6.45) is 1.97. The SMILES string of the molecule is CC(C)CNCc1cn(CCOC(C)(C)C)nn1. The van der Waals surface area contributed by atoms with Gasteiger partial charge in [0.1, 0.15) is 0 Å². The molecular formula is C13H26N4O. The highest BCUT2D eigenvalue weighted by atomic mass is 16.5. The third-order valence-electron chi connectivity index (χ3n) is 2.30. The Morgan fingerprint density at radius 1 is 1.39 bits per heavy atom. The van der Waals surface area contributed by atoms with Crippen LogP contribution in [0.3, 0.4) is 0 Å². The van der Waals surface area contributed by atoms with Crippen LogP contribution in [0.25, 0.3) is 0 Å². The van der Waals surface area contributed by atoms with Gasteiger partial charge >= 0.3 is 0 Å². The zero-order valence-corrected chi connectivity index (χ0v) is 12.2. The average molecular weight is 254 g/mol. The van der Waals surface area contributed by atoms with Gasteiger partial charge in [-0.2, -0.15) is 0 Å². The van der Waals surface area contributed by atoms with Crippen LogP contribution in [-0.2, 0) is 17.8 Å². The van der Waals surface area contributed by atoms with E-state index in [9.17, 15) is 0 Å². The molecular weight excluding hydrogens is 228 g/mol. The fourth-order valence-electron chi connectivity index (χ4n) is 1.46. The van der Waals surface area contributed by atoms with E-state index in [-0.39, 0.29) is 5.60 Å². The van der Waals surface area contributed by atoms with Crippen molar-refractivity contribution in [2.75, 3.05) is 13.2 Å². The Morgan fingerprint density at radius 3 is 2.72 bits per heavy atom. The first-order chi connectivity index (χ1) is 8.37. The summed E-state index contributed by atoms with van der Waals surface area (Å²) in [5.74, 6) is 0.653. The van der Waals surface area contributed by atoms with Crippen LogP contribution >= 0.6 is 0 Å². The van der Waals surface area contributed by atoms with Gasteiger partial charge in [-0.25, -0.2) is 4.68 Å². The van der Waals surface area contributed by atoms with E-state index in [0.29, 0.717) is 12.5 Å². The van der Waals surface area contributed by atoms with E-state index in [1.165, 1.54) is 0 Å². The van der Waals surface area contributed by atoms with Gasteiger partial charge in [-0.3, -0.25) is 0 Å². The predicted octanol–water partition coefficient (Wildman–Crippen LogP) is 1.84. The van der Waals surface area contributed by atoms with E-state index in [4.69, 9.17) is 4.74 Å². The molecule has 5 heteroatoms. The fourth-order valence-corrected chi connectivity index (χ4v) is 1.46. The van der Waals surface area contributed by atoms with Crippen molar-refractivity contribution in [1.29, 1.82) is 0 Å². The lowest BCUT2D eigenvalue weighted by atomic mass is 10.2. The molecule has 0 saturated heterocycles. The molecule has 0 aromatic carbocycles. The topological polar surface area (TPSA) is 52.0 Å². The van der Waals surface area contributed by atoms with Crippen molar-refractivity contribution in [2.45, 2.75) is 53.3 Å². The molecule has 1 aromatic rings. The maximum Gasteiger partial charge on any atom is 0.0964 e. The third kappa shape index (κ3) is 6.71. The van der Waals surface area contributed by atoms with Gasteiger partial charge in [0.15, 0.2) is 0 Å². The molecule has 0 atom stereocenters. The molecule has 104 valence electrons. The molecule has 0 aliphatic heterocycles. The van der Waals surface area contributed by atoms with Crippen molar-refractivity contribution < 1.29 is 4.74 Å². The Hall–Kier alpha value is -0.940. The van der Waals surface area contributed by atoms with Crippen LogP contribution < -0.4 is 5.32 Å². The molecule has 0 aliphatic rings. The lowest BCUT2D eigenvalue weighted by molar-refractivity contribution is -0.00805. The van der Waals surface area contributed by atoms with Crippen LogP contribution in [0.2, 0.25) is 0 Å². The smallest absolute Gasteiger partial charge is 0.0964 e. The van der Waals surface area contributed by atoms with Gasteiger partial charge in [-0.05, 0) is 33.2 Å². The van der Waals surface area contributed by atoms with Crippen LogP contribution in [-0.4, -0.2) is 33.7 Å². The van der Waals surface area contributed by atoms with Gasteiger partial charge in [0.2, 0.25) is 0 Å². The number of hydrogen-bond donors (Lipinski definition) is 1. The maximum atomic E-state index is 5.65. The summed E-state index contributed by atoms with van der Waals surface area (Å²) in [5, 5.41) is 11.6. The number of ether oxygens (including phenoxy) is 1. The molecule has 5 nitrogen and oxygen atoms in total. The van der Waals surface area contributed by atoms with E-state index < -0.39 is 0 Å². The number of rotatable bonds is 7. The van der Waals surface area contributed by atoms with Crippen LogP contribution in [0, 0.1) is 5.92 Å². The summed E-state index contributed by atoms with van der Waals surface area (Å²) >= 11 is 0. The highest BCUT2D eigenvalue weighted by Crippen LogP contribution is 2.06. The fraction of sp³-hybridized carbons (Fsp3) is 0.846. The minimum atomic E-state index is -0.0950. The summed E-state index contributed by atoms with van der Waals surface area (Å²) in [4.78, 5) is 0. The number of nitrogens with one attached hydrogen (secondary N) is 1. The predicted molar refractivity (Wildman–Crippen MR) is 72.3 cm³/mol. The van der Waals surface area contributed by atoms with Crippen LogP contribution in [0.1, 0.15) is 40.3 Å². The first-order valence-corrected chi connectivity index (χ1v) is 6.60. The van der Waals surface area contributed by atoms with E-state index >= 15 is 0 Å². The highest BCUT2D eigenvalue weighted by molar-refractivity contribution is 4.91.